The van der Waals surface area contributed by atoms with Gasteiger partial charge in [-0.1, -0.05) is 0 Å². The maximum absolute atomic E-state index is 10.9. The standard InChI is InChI=1S/2C7H10O5/c2*1-4(6(9)11-2)5(8)7(10)12-3/h8H,1-3H3;4H,1-3H3/b5-4-;. The summed E-state index contributed by atoms with van der Waals surface area (Å²) in [5.41, 5.74) is -0.177. The molecule has 0 aromatic carbocycles. The third kappa shape index (κ3) is 7.38. The number of hydrogen-bond acceptors (Lipinski definition) is 10. The summed E-state index contributed by atoms with van der Waals surface area (Å²) in [6, 6.07) is 0. The van der Waals surface area contributed by atoms with Crippen molar-refractivity contribution >= 4 is 29.7 Å². The third-order valence-corrected chi connectivity index (χ3v) is 2.56. The molecule has 0 rings (SSSR count). The molecule has 0 fully saturated rings. The van der Waals surface area contributed by atoms with Crippen molar-refractivity contribution in [3.8, 4) is 0 Å². The lowest BCUT2D eigenvalue weighted by atomic mass is 10.1. The predicted molar refractivity (Wildman–Crippen MR) is 77.6 cm³/mol. The number of aliphatic hydroxyl groups is 1. The lowest BCUT2D eigenvalue weighted by Gasteiger charge is -2.05. The van der Waals surface area contributed by atoms with Crippen molar-refractivity contribution in [2.24, 2.45) is 5.92 Å². The minimum Gasteiger partial charge on any atom is -0.501 e. The van der Waals surface area contributed by atoms with Crippen LogP contribution in [-0.2, 0) is 42.9 Å². The van der Waals surface area contributed by atoms with Crippen LogP contribution in [0, 0.1) is 5.92 Å². The molecular formula is C14H20O10. The number of aliphatic hydroxyl groups excluding tert-OH is 1. The van der Waals surface area contributed by atoms with Crippen molar-refractivity contribution in [1.82, 2.24) is 0 Å². The van der Waals surface area contributed by atoms with Gasteiger partial charge in [0.05, 0.1) is 34.0 Å². The smallest absolute Gasteiger partial charge is 0.375 e. The van der Waals surface area contributed by atoms with Gasteiger partial charge in [0.2, 0.25) is 5.76 Å². The average Bonchev–Trinajstić information content (AvgIpc) is 2.62. The summed E-state index contributed by atoms with van der Waals surface area (Å²) in [5, 5.41) is 8.99. The van der Waals surface area contributed by atoms with Gasteiger partial charge in [0.25, 0.3) is 5.78 Å². The Morgan fingerprint density at radius 3 is 1.50 bits per heavy atom. The number of carbonyl (C=O) groups is 5. The molecule has 0 radical (unpaired) electrons. The first-order valence-electron chi connectivity index (χ1n) is 6.35. The van der Waals surface area contributed by atoms with Crippen LogP contribution in [0.15, 0.2) is 11.3 Å². The molecule has 0 saturated heterocycles. The van der Waals surface area contributed by atoms with E-state index in [-0.39, 0.29) is 5.57 Å². The fourth-order valence-corrected chi connectivity index (χ4v) is 1.06. The summed E-state index contributed by atoms with van der Waals surface area (Å²) in [7, 11) is 4.47. The Morgan fingerprint density at radius 1 is 0.750 bits per heavy atom. The molecule has 10 nitrogen and oxygen atoms in total. The first kappa shape index (κ1) is 23.4. The number of esters is 4. The molecular weight excluding hydrogens is 328 g/mol. The Labute approximate surface area is 138 Å². The largest absolute Gasteiger partial charge is 0.501 e. The maximum Gasteiger partial charge on any atom is 0.375 e. The summed E-state index contributed by atoms with van der Waals surface area (Å²) in [6.07, 6.45) is 0. The monoisotopic (exact) mass is 348 g/mol. The minimum atomic E-state index is -1.09. The Balaban J connectivity index is 0. The topological polar surface area (TPSA) is 142 Å². The summed E-state index contributed by atoms with van der Waals surface area (Å²) in [5.74, 6) is -6.23. The van der Waals surface area contributed by atoms with E-state index in [0.717, 1.165) is 28.4 Å². The zero-order chi connectivity index (χ0) is 19.4. The van der Waals surface area contributed by atoms with Crippen molar-refractivity contribution in [3.63, 3.8) is 0 Å². The number of rotatable bonds is 5. The van der Waals surface area contributed by atoms with Crippen molar-refractivity contribution in [2.75, 3.05) is 28.4 Å². The molecule has 0 aliphatic rings. The van der Waals surface area contributed by atoms with Crippen molar-refractivity contribution in [2.45, 2.75) is 13.8 Å². The summed E-state index contributed by atoms with van der Waals surface area (Å²) < 4.78 is 16.8. The quantitative estimate of drug-likeness (QED) is 0.176. The molecule has 1 unspecified atom stereocenters. The van der Waals surface area contributed by atoms with E-state index in [1.54, 1.807) is 0 Å². The molecule has 0 amide bonds. The van der Waals surface area contributed by atoms with Crippen LogP contribution < -0.4 is 0 Å². The SMILES string of the molecule is COC(=O)/C(C)=C(\O)C(=O)OC.COC(=O)C(=O)C(C)C(=O)OC. The Bertz CT molecular complexity index is 508. The molecule has 0 spiro atoms. The zero-order valence-corrected chi connectivity index (χ0v) is 14.2. The third-order valence-electron chi connectivity index (χ3n) is 2.56. The molecule has 0 aliphatic heterocycles. The van der Waals surface area contributed by atoms with Crippen LogP contribution >= 0.6 is 0 Å². The number of carbonyl (C=O) groups excluding carboxylic acids is 5. The molecule has 1 N–H and O–H groups in total. The summed E-state index contributed by atoms with van der Waals surface area (Å²) in [4.78, 5) is 53.6. The average molecular weight is 348 g/mol. The molecule has 0 heterocycles. The highest BCUT2D eigenvalue weighted by molar-refractivity contribution is 6.37. The molecule has 10 heteroatoms. The van der Waals surface area contributed by atoms with Gasteiger partial charge < -0.3 is 24.1 Å². The normalized spacial score (nSPS) is 11.6. The van der Waals surface area contributed by atoms with E-state index in [4.69, 9.17) is 5.11 Å². The summed E-state index contributed by atoms with van der Waals surface area (Å²) >= 11 is 0. The predicted octanol–water partition coefficient (Wildman–Crippen LogP) is -0.298. The Kier molecular flexibility index (Phi) is 11.3. The second kappa shape index (κ2) is 11.6. The highest BCUT2D eigenvalue weighted by Crippen LogP contribution is 2.03. The number of methoxy groups -OCH3 is 4. The van der Waals surface area contributed by atoms with Gasteiger partial charge in [-0.25, -0.2) is 14.4 Å². The van der Waals surface area contributed by atoms with Crippen LogP contribution in [0.25, 0.3) is 0 Å². The van der Waals surface area contributed by atoms with Gasteiger partial charge in [-0.3, -0.25) is 9.59 Å². The molecule has 0 saturated carbocycles. The maximum atomic E-state index is 10.9. The highest BCUT2D eigenvalue weighted by Gasteiger charge is 2.28. The van der Waals surface area contributed by atoms with Gasteiger partial charge >= 0.3 is 23.9 Å². The minimum absolute atomic E-state index is 0.177. The first-order chi connectivity index (χ1) is 11.1. The molecule has 1 atom stereocenters. The molecule has 0 bridgehead atoms. The number of ketones is 1. The number of Topliss-reactive ketones (excluding diaryl/α,β-unsaturated/α-hetero) is 1. The second-order valence-corrected chi connectivity index (χ2v) is 4.06. The fraction of sp³-hybridized carbons (Fsp3) is 0.500. The lowest BCUT2D eigenvalue weighted by molar-refractivity contribution is -0.159. The van der Waals surface area contributed by atoms with E-state index in [2.05, 4.69) is 18.9 Å². The second-order valence-electron chi connectivity index (χ2n) is 4.06. The van der Waals surface area contributed by atoms with E-state index >= 15 is 0 Å². The van der Waals surface area contributed by atoms with E-state index in [1.807, 2.05) is 0 Å². The van der Waals surface area contributed by atoms with Gasteiger partial charge in [0.15, 0.2) is 0 Å². The van der Waals surface area contributed by atoms with Gasteiger partial charge in [-0.2, -0.15) is 0 Å². The van der Waals surface area contributed by atoms with Gasteiger partial charge in [0, 0.05) is 0 Å². The van der Waals surface area contributed by atoms with Crippen LogP contribution in [0.1, 0.15) is 13.8 Å². The van der Waals surface area contributed by atoms with Gasteiger partial charge in [-0.05, 0) is 13.8 Å². The molecule has 0 aliphatic carbocycles. The molecule has 0 aromatic rings. The van der Waals surface area contributed by atoms with E-state index in [0.29, 0.717) is 0 Å². The molecule has 136 valence electrons. The van der Waals surface area contributed by atoms with Crippen LogP contribution in [0.5, 0.6) is 0 Å². The van der Waals surface area contributed by atoms with Crippen LogP contribution in [-0.4, -0.2) is 63.2 Å². The van der Waals surface area contributed by atoms with E-state index < -0.39 is 41.3 Å². The van der Waals surface area contributed by atoms with Crippen LogP contribution in [0.3, 0.4) is 0 Å². The Morgan fingerprint density at radius 2 is 1.17 bits per heavy atom. The van der Waals surface area contributed by atoms with Crippen molar-refractivity contribution in [1.29, 1.82) is 0 Å². The summed E-state index contributed by atoms with van der Waals surface area (Å²) in [6.45, 7) is 2.54. The van der Waals surface area contributed by atoms with Gasteiger partial charge in [0.1, 0.15) is 5.92 Å². The fourth-order valence-electron chi connectivity index (χ4n) is 1.06. The van der Waals surface area contributed by atoms with E-state index in [1.165, 1.54) is 13.8 Å². The zero-order valence-electron chi connectivity index (χ0n) is 14.2. The molecule has 0 aromatic heterocycles. The van der Waals surface area contributed by atoms with Crippen molar-refractivity contribution < 1.29 is 48.0 Å². The van der Waals surface area contributed by atoms with Crippen LogP contribution in [0.4, 0.5) is 0 Å². The van der Waals surface area contributed by atoms with E-state index in [9.17, 15) is 24.0 Å². The van der Waals surface area contributed by atoms with Gasteiger partial charge in [-0.15, -0.1) is 0 Å². The van der Waals surface area contributed by atoms with Crippen molar-refractivity contribution in [3.05, 3.63) is 11.3 Å². The lowest BCUT2D eigenvalue weighted by Crippen LogP contribution is -2.29. The first-order valence-corrected chi connectivity index (χ1v) is 6.35. The number of hydrogen-bond donors (Lipinski definition) is 1. The molecule has 24 heavy (non-hydrogen) atoms. The number of ether oxygens (including phenoxy) is 4. The van der Waals surface area contributed by atoms with Crippen LogP contribution in [0.2, 0.25) is 0 Å². The highest BCUT2D eigenvalue weighted by atomic mass is 16.5. The Hall–Kier alpha value is -2.91.